The predicted octanol–water partition coefficient (Wildman–Crippen LogP) is 2.74. The summed E-state index contributed by atoms with van der Waals surface area (Å²) in [7, 11) is 0. The van der Waals surface area contributed by atoms with Gasteiger partial charge in [0.25, 0.3) is 0 Å². The number of nitrogens with two attached hydrogens (primary N) is 1. The summed E-state index contributed by atoms with van der Waals surface area (Å²) >= 11 is 0. The fourth-order valence-electron chi connectivity index (χ4n) is 4.09. The highest BCUT2D eigenvalue weighted by atomic mass is 16.3. The standard InChI is InChI=1S/C23H30N6O2/c1-3-16-6-8-25-20(12-16)26-19-13-18(24)23(27-22(19)17-4-5-17)28-9-10-29(15(2)14-28)21(31)7-11-30/h3,6,8,12-13,15,17,30H,1,4-5,7,9-11,14,24H2,2H3,(H,25,26)/t15-/m1/s1. The largest absolute Gasteiger partial charge is 0.396 e. The van der Waals surface area contributed by atoms with Crippen LogP contribution in [0.5, 0.6) is 0 Å². The maximum atomic E-state index is 12.2. The van der Waals surface area contributed by atoms with Gasteiger partial charge in [-0.15, -0.1) is 0 Å². The van der Waals surface area contributed by atoms with Gasteiger partial charge in [-0.1, -0.05) is 12.7 Å². The lowest BCUT2D eigenvalue weighted by molar-refractivity contribution is -0.134. The minimum absolute atomic E-state index is 0.0111. The Morgan fingerprint density at radius 3 is 2.87 bits per heavy atom. The van der Waals surface area contributed by atoms with E-state index >= 15 is 0 Å². The average Bonchev–Trinajstić information content (AvgIpc) is 3.59. The number of anilines is 4. The van der Waals surface area contributed by atoms with Gasteiger partial charge in [-0.3, -0.25) is 4.79 Å². The maximum absolute atomic E-state index is 12.2. The van der Waals surface area contributed by atoms with E-state index in [0.717, 1.165) is 41.4 Å². The van der Waals surface area contributed by atoms with Crippen LogP contribution in [0.25, 0.3) is 6.08 Å². The van der Waals surface area contributed by atoms with Gasteiger partial charge < -0.3 is 26.0 Å². The zero-order valence-corrected chi connectivity index (χ0v) is 17.9. The van der Waals surface area contributed by atoms with Gasteiger partial charge in [0.2, 0.25) is 5.91 Å². The Labute approximate surface area is 182 Å². The smallest absolute Gasteiger partial charge is 0.225 e. The lowest BCUT2D eigenvalue weighted by atomic mass is 10.1. The number of nitrogen functional groups attached to an aromatic ring is 1. The Bertz CT molecular complexity index is 975. The van der Waals surface area contributed by atoms with Crippen LogP contribution in [0.4, 0.5) is 23.0 Å². The highest BCUT2D eigenvalue weighted by Crippen LogP contribution is 2.45. The predicted molar refractivity (Wildman–Crippen MR) is 123 cm³/mol. The molecule has 4 rings (SSSR count). The second kappa shape index (κ2) is 8.93. The molecule has 2 aromatic rings. The van der Waals surface area contributed by atoms with Crippen molar-refractivity contribution in [3.05, 3.63) is 42.2 Å². The Hall–Kier alpha value is -3.13. The highest BCUT2D eigenvalue weighted by Gasteiger charge is 2.32. The van der Waals surface area contributed by atoms with E-state index in [1.165, 1.54) is 0 Å². The van der Waals surface area contributed by atoms with Crippen molar-refractivity contribution in [1.82, 2.24) is 14.9 Å². The fourth-order valence-corrected chi connectivity index (χ4v) is 4.09. The SMILES string of the molecule is C=Cc1ccnc(Nc2cc(N)c(N3CCN(C(=O)CCO)[C@H](C)C3)nc2C2CC2)c1. The van der Waals surface area contributed by atoms with Gasteiger partial charge >= 0.3 is 0 Å². The van der Waals surface area contributed by atoms with Crippen molar-refractivity contribution >= 4 is 35.0 Å². The topological polar surface area (TPSA) is 108 Å². The summed E-state index contributed by atoms with van der Waals surface area (Å²) < 4.78 is 0. The highest BCUT2D eigenvalue weighted by molar-refractivity contribution is 5.78. The second-order valence-corrected chi connectivity index (χ2v) is 8.27. The van der Waals surface area contributed by atoms with Crippen LogP contribution in [-0.2, 0) is 4.79 Å². The molecular weight excluding hydrogens is 392 g/mol. The van der Waals surface area contributed by atoms with E-state index in [0.29, 0.717) is 31.2 Å². The van der Waals surface area contributed by atoms with Crippen molar-refractivity contribution in [2.75, 3.05) is 42.2 Å². The molecule has 2 fully saturated rings. The Morgan fingerprint density at radius 1 is 1.39 bits per heavy atom. The average molecular weight is 423 g/mol. The van der Waals surface area contributed by atoms with Crippen molar-refractivity contribution in [3.63, 3.8) is 0 Å². The van der Waals surface area contributed by atoms with E-state index in [9.17, 15) is 4.79 Å². The molecule has 2 aliphatic rings. The molecule has 2 aromatic heterocycles. The molecule has 1 amide bonds. The first-order valence-electron chi connectivity index (χ1n) is 10.8. The normalized spacial score (nSPS) is 18.7. The number of amides is 1. The molecule has 31 heavy (non-hydrogen) atoms. The molecule has 1 saturated carbocycles. The number of rotatable bonds is 7. The number of nitrogens with one attached hydrogen (secondary N) is 1. The van der Waals surface area contributed by atoms with Crippen LogP contribution in [0, 0.1) is 0 Å². The minimum atomic E-state index is -0.121. The number of nitrogens with zero attached hydrogens (tertiary/aromatic N) is 4. The molecule has 0 aromatic carbocycles. The first-order valence-corrected chi connectivity index (χ1v) is 10.8. The fraction of sp³-hybridized carbons (Fsp3) is 0.435. The number of carbonyl (C=O) groups is 1. The van der Waals surface area contributed by atoms with Crippen LogP contribution in [-0.4, -0.2) is 58.2 Å². The molecule has 0 radical (unpaired) electrons. The Balaban J connectivity index is 1.57. The van der Waals surface area contributed by atoms with Gasteiger partial charge in [-0.25, -0.2) is 9.97 Å². The van der Waals surface area contributed by atoms with E-state index in [2.05, 4.69) is 21.8 Å². The summed E-state index contributed by atoms with van der Waals surface area (Å²) in [4.78, 5) is 25.6. The third-order valence-corrected chi connectivity index (χ3v) is 5.88. The molecule has 3 heterocycles. The molecule has 164 valence electrons. The monoisotopic (exact) mass is 422 g/mol. The van der Waals surface area contributed by atoms with Crippen molar-refractivity contribution in [2.45, 2.75) is 38.1 Å². The summed E-state index contributed by atoms with van der Waals surface area (Å²) in [5.41, 5.74) is 9.95. The van der Waals surface area contributed by atoms with Crippen LogP contribution in [0.3, 0.4) is 0 Å². The number of piperazine rings is 1. The van der Waals surface area contributed by atoms with Crippen LogP contribution < -0.4 is 16.0 Å². The summed E-state index contributed by atoms with van der Waals surface area (Å²) in [5.74, 6) is 1.93. The lowest BCUT2D eigenvalue weighted by Crippen LogP contribution is -2.54. The van der Waals surface area contributed by atoms with Gasteiger partial charge in [-0.2, -0.15) is 0 Å². The van der Waals surface area contributed by atoms with E-state index in [1.54, 1.807) is 12.3 Å². The zero-order valence-electron chi connectivity index (χ0n) is 17.9. The number of aliphatic hydroxyl groups is 1. The molecule has 1 aliphatic heterocycles. The first-order chi connectivity index (χ1) is 15.0. The molecule has 0 bridgehead atoms. The van der Waals surface area contributed by atoms with Gasteiger partial charge in [-0.05, 0) is 43.5 Å². The van der Waals surface area contributed by atoms with E-state index in [-0.39, 0.29) is 25.0 Å². The molecule has 1 aliphatic carbocycles. The summed E-state index contributed by atoms with van der Waals surface area (Å²) in [6.07, 6.45) is 5.94. The molecule has 1 saturated heterocycles. The minimum Gasteiger partial charge on any atom is -0.396 e. The van der Waals surface area contributed by atoms with Crippen molar-refractivity contribution < 1.29 is 9.90 Å². The zero-order chi connectivity index (χ0) is 22.0. The Kier molecular flexibility index (Phi) is 6.08. The van der Waals surface area contributed by atoms with Crippen LogP contribution in [0.2, 0.25) is 0 Å². The summed E-state index contributed by atoms with van der Waals surface area (Å²) in [5, 5.41) is 12.5. The maximum Gasteiger partial charge on any atom is 0.225 e. The van der Waals surface area contributed by atoms with E-state index in [1.807, 2.05) is 30.0 Å². The number of aliphatic hydroxyl groups excluding tert-OH is 1. The van der Waals surface area contributed by atoms with E-state index < -0.39 is 0 Å². The summed E-state index contributed by atoms with van der Waals surface area (Å²) in [6.45, 7) is 7.64. The molecule has 8 nitrogen and oxygen atoms in total. The van der Waals surface area contributed by atoms with Crippen LogP contribution >= 0.6 is 0 Å². The number of pyridine rings is 2. The van der Waals surface area contributed by atoms with Crippen molar-refractivity contribution in [1.29, 1.82) is 0 Å². The number of carbonyl (C=O) groups excluding carboxylic acids is 1. The molecule has 4 N–H and O–H groups in total. The van der Waals surface area contributed by atoms with Crippen LogP contribution in [0.1, 0.15) is 43.4 Å². The molecule has 0 unspecified atom stereocenters. The van der Waals surface area contributed by atoms with Crippen molar-refractivity contribution in [2.24, 2.45) is 0 Å². The number of aromatic nitrogens is 2. The number of hydrogen-bond acceptors (Lipinski definition) is 7. The third kappa shape index (κ3) is 4.64. The van der Waals surface area contributed by atoms with Crippen LogP contribution in [0.15, 0.2) is 31.0 Å². The van der Waals surface area contributed by atoms with Gasteiger partial charge in [0.1, 0.15) is 5.82 Å². The quantitative estimate of drug-likeness (QED) is 0.630. The molecule has 0 spiro atoms. The molecule has 1 atom stereocenters. The van der Waals surface area contributed by atoms with Crippen molar-refractivity contribution in [3.8, 4) is 0 Å². The molecule has 8 heteroatoms. The van der Waals surface area contributed by atoms with Gasteiger partial charge in [0, 0.05) is 44.2 Å². The van der Waals surface area contributed by atoms with Gasteiger partial charge in [0.15, 0.2) is 5.82 Å². The number of hydrogen-bond donors (Lipinski definition) is 3. The second-order valence-electron chi connectivity index (χ2n) is 8.27. The third-order valence-electron chi connectivity index (χ3n) is 5.88. The lowest BCUT2D eigenvalue weighted by Gasteiger charge is -2.41. The van der Waals surface area contributed by atoms with Gasteiger partial charge in [0.05, 0.1) is 23.7 Å². The first kappa shape index (κ1) is 21.1. The Morgan fingerprint density at radius 2 is 2.19 bits per heavy atom. The summed E-state index contributed by atoms with van der Waals surface area (Å²) in [6, 6.07) is 5.83. The van der Waals surface area contributed by atoms with E-state index in [4.69, 9.17) is 15.8 Å². The molecular formula is C23H30N6O2.